The van der Waals surface area contributed by atoms with Crippen LogP contribution in [-0.2, 0) is 16.0 Å². The number of methoxy groups -OCH3 is 1. The highest BCUT2D eigenvalue weighted by atomic mass is 35.5. The van der Waals surface area contributed by atoms with Gasteiger partial charge in [0.25, 0.3) is 0 Å². The van der Waals surface area contributed by atoms with E-state index in [2.05, 4.69) is 5.32 Å². The normalized spacial score (nSPS) is 12.6. The molecule has 1 amide bonds. The van der Waals surface area contributed by atoms with Crippen LogP contribution < -0.4 is 11.1 Å². The molecule has 19 heavy (non-hydrogen) atoms. The van der Waals surface area contributed by atoms with Crippen LogP contribution >= 0.6 is 11.6 Å². The maximum Gasteiger partial charge on any atom is 0.249 e. The summed E-state index contributed by atoms with van der Waals surface area (Å²) in [5, 5.41) is 3.42. The molecule has 0 saturated heterocycles. The molecule has 0 saturated carbocycles. The number of nitrogens with one attached hydrogen (secondary N) is 1. The van der Waals surface area contributed by atoms with Crippen molar-refractivity contribution in [2.24, 2.45) is 5.73 Å². The summed E-state index contributed by atoms with van der Waals surface area (Å²) in [5.74, 6) is -0.149. The molecule has 0 heterocycles. The number of rotatable bonds is 7. The largest absolute Gasteiger partial charge is 0.371 e. The van der Waals surface area contributed by atoms with Gasteiger partial charge in [0.2, 0.25) is 5.91 Å². The van der Waals surface area contributed by atoms with E-state index in [1.807, 2.05) is 24.3 Å². The third-order valence-corrected chi connectivity index (χ3v) is 2.82. The van der Waals surface area contributed by atoms with E-state index in [0.29, 0.717) is 24.5 Å². The number of nitrogens with two attached hydrogens (primary N) is 1. The Morgan fingerprint density at radius 2 is 2.32 bits per heavy atom. The van der Waals surface area contributed by atoms with Crippen molar-refractivity contribution in [3.63, 3.8) is 0 Å². The van der Waals surface area contributed by atoms with Crippen molar-refractivity contribution in [1.82, 2.24) is 5.32 Å². The SMILES string of the molecule is COC(Cc1cccc(Cl)c1)C(=O)NC/C=C/CN. The van der Waals surface area contributed by atoms with Crippen molar-refractivity contribution in [2.75, 3.05) is 20.2 Å². The molecule has 0 aliphatic rings. The Balaban J connectivity index is 2.52. The van der Waals surface area contributed by atoms with Crippen LogP contribution in [0.1, 0.15) is 5.56 Å². The smallest absolute Gasteiger partial charge is 0.249 e. The number of benzene rings is 1. The first kappa shape index (κ1) is 15.7. The predicted molar refractivity (Wildman–Crippen MR) is 77.2 cm³/mol. The molecule has 0 aromatic heterocycles. The summed E-state index contributed by atoms with van der Waals surface area (Å²) in [7, 11) is 1.52. The summed E-state index contributed by atoms with van der Waals surface area (Å²) in [4.78, 5) is 11.9. The van der Waals surface area contributed by atoms with E-state index in [1.165, 1.54) is 7.11 Å². The molecule has 104 valence electrons. The lowest BCUT2D eigenvalue weighted by Gasteiger charge is -2.14. The van der Waals surface area contributed by atoms with Crippen molar-refractivity contribution < 1.29 is 9.53 Å². The van der Waals surface area contributed by atoms with Gasteiger partial charge >= 0.3 is 0 Å². The molecule has 3 N–H and O–H groups in total. The lowest BCUT2D eigenvalue weighted by atomic mass is 10.1. The molecule has 1 rings (SSSR count). The van der Waals surface area contributed by atoms with E-state index in [9.17, 15) is 4.79 Å². The number of amides is 1. The van der Waals surface area contributed by atoms with Crippen molar-refractivity contribution in [1.29, 1.82) is 0 Å². The van der Waals surface area contributed by atoms with E-state index >= 15 is 0 Å². The van der Waals surface area contributed by atoms with Gasteiger partial charge in [-0.15, -0.1) is 0 Å². The van der Waals surface area contributed by atoms with E-state index in [1.54, 1.807) is 12.1 Å². The lowest BCUT2D eigenvalue weighted by molar-refractivity contribution is -0.130. The van der Waals surface area contributed by atoms with E-state index < -0.39 is 6.10 Å². The van der Waals surface area contributed by atoms with Gasteiger partial charge in [0, 0.05) is 31.6 Å². The second-order valence-electron chi connectivity index (χ2n) is 4.01. The topological polar surface area (TPSA) is 64.3 Å². The van der Waals surface area contributed by atoms with Gasteiger partial charge in [-0.2, -0.15) is 0 Å². The van der Waals surface area contributed by atoms with Crippen LogP contribution in [-0.4, -0.2) is 32.2 Å². The first-order valence-corrected chi connectivity index (χ1v) is 6.45. The highest BCUT2D eigenvalue weighted by Crippen LogP contribution is 2.13. The first-order valence-electron chi connectivity index (χ1n) is 6.07. The van der Waals surface area contributed by atoms with Crippen LogP contribution in [0.15, 0.2) is 36.4 Å². The fraction of sp³-hybridized carbons (Fsp3) is 0.357. The average molecular weight is 283 g/mol. The Morgan fingerprint density at radius 1 is 1.53 bits per heavy atom. The standard InChI is InChI=1S/C14H19ClN2O2/c1-19-13(14(18)17-8-3-2-7-16)10-11-5-4-6-12(15)9-11/h2-6,9,13H,7-8,10,16H2,1H3,(H,17,18)/b3-2+. The number of hydrogen-bond acceptors (Lipinski definition) is 3. The van der Waals surface area contributed by atoms with Crippen LogP contribution in [0.3, 0.4) is 0 Å². The summed E-state index contributed by atoms with van der Waals surface area (Å²) in [6, 6.07) is 7.39. The quantitative estimate of drug-likeness (QED) is 0.746. The molecule has 0 aliphatic carbocycles. The number of carbonyl (C=O) groups is 1. The van der Waals surface area contributed by atoms with Crippen LogP contribution in [0.2, 0.25) is 5.02 Å². The Bertz CT molecular complexity index is 435. The first-order chi connectivity index (χ1) is 9.17. The van der Waals surface area contributed by atoms with Crippen LogP contribution in [0, 0.1) is 0 Å². The second kappa shape index (κ2) is 8.69. The van der Waals surface area contributed by atoms with Crippen molar-refractivity contribution in [2.45, 2.75) is 12.5 Å². The third-order valence-electron chi connectivity index (χ3n) is 2.58. The molecule has 1 atom stereocenters. The third kappa shape index (κ3) is 5.87. The Kier molecular flexibility index (Phi) is 7.18. The fourth-order valence-corrected chi connectivity index (χ4v) is 1.83. The maximum atomic E-state index is 11.9. The van der Waals surface area contributed by atoms with Gasteiger partial charge in [-0.25, -0.2) is 0 Å². The number of ether oxygens (including phenoxy) is 1. The predicted octanol–water partition coefficient (Wildman–Crippen LogP) is 1.53. The molecule has 5 heteroatoms. The van der Waals surface area contributed by atoms with Gasteiger partial charge in [-0.3, -0.25) is 4.79 Å². The summed E-state index contributed by atoms with van der Waals surface area (Å²) in [5.41, 5.74) is 6.28. The summed E-state index contributed by atoms with van der Waals surface area (Å²) in [6.45, 7) is 0.914. The van der Waals surface area contributed by atoms with Crippen molar-refractivity contribution in [3.8, 4) is 0 Å². The number of hydrogen-bond donors (Lipinski definition) is 2. The van der Waals surface area contributed by atoms with Gasteiger partial charge < -0.3 is 15.8 Å². The van der Waals surface area contributed by atoms with Gasteiger partial charge in [0.15, 0.2) is 0 Å². The summed E-state index contributed by atoms with van der Waals surface area (Å²) < 4.78 is 5.21. The molecule has 0 aliphatic heterocycles. The molecule has 1 aromatic carbocycles. The van der Waals surface area contributed by atoms with E-state index in [0.717, 1.165) is 5.56 Å². The van der Waals surface area contributed by atoms with Crippen molar-refractivity contribution in [3.05, 3.63) is 47.0 Å². The van der Waals surface area contributed by atoms with Gasteiger partial charge in [0.1, 0.15) is 6.10 Å². The summed E-state index contributed by atoms with van der Waals surface area (Å²) in [6.07, 6.45) is 3.57. The molecule has 0 fully saturated rings. The minimum Gasteiger partial charge on any atom is -0.371 e. The van der Waals surface area contributed by atoms with Crippen molar-refractivity contribution >= 4 is 17.5 Å². The maximum absolute atomic E-state index is 11.9. The summed E-state index contributed by atoms with van der Waals surface area (Å²) >= 11 is 5.91. The van der Waals surface area contributed by atoms with E-state index in [-0.39, 0.29) is 5.91 Å². The lowest BCUT2D eigenvalue weighted by Crippen LogP contribution is -2.37. The molecule has 0 spiro atoms. The van der Waals surface area contributed by atoms with Crippen LogP contribution in [0.4, 0.5) is 0 Å². The fourth-order valence-electron chi connectivity index (χ4n) is 1.61. The Hall–Kier alpha value is -1.36. The minimum absolute atomic E-state index is 0.149. The molecular formula is C14H19ClN2O2. The van der Waals surface area contributed by atoms with Gasteiger partial charge in [-0.1, -0.05) is 35.9 Å². The molecule has 1 unspecified atom stereocenters. The average Bonchev–Trinajstić information content (AvgIpc) is 2.41. The number of halogens is 1. The molecule has 1 aromatic rings. The second-order valence-corrected chi connectivity index (χ2v) is 4.45. The highest BCUT2D eigenvalue weighted by Gasteiger charge is 2.17. The molecule has 0 radical (unpaired) electrons. The Morgan fingerprint density at radius 3 is 2.95 bits per heavy atom. The molecule has 0 bridgehead atoms. The minimum atomic E-state index is -0.523. The van der Waals surface area contributed by atoms with Gasteiger partial charge in [-0.05, 0) is 17.7 Å². The van der Waals surface area contributed by atoms with Crippen LogP contribution in [0.25, 0.3) is 0 Å². The number of carbonyl (C=O) groups excluding carboxylic acids is 1. The molecule has 4 nitrogen and oxygen atoms in total. The zero-order valence-electron chi connectivity index (χ0n) is 10.9. The highest BCUT2D eigenvalue weighted by molar-refractivity contribution is 6.30. The zero-order valence-corrected chi connectivity index (χ0v) is 11.7. The monoisotopic (exact) mass is 282 g/mol. The zero-order chi connectivity index (χ0) is 14.1. The van der Waals surface area contributed by atoms with E-state index in [4.69, 9.17) is 22.1 Å². The van der Waals surface area contributed by atoms with Crippen LogP contribution in [0.5, 0.6) is 0 Å². The Labute approximate surface area is 118 Å². The molecular weight excluding hydrogens is 264 g/mol. The van der Waals surface area contributed by atoms with Gasteiger partial charge in [0.05, 0.1) is 0 Å².